The van der Waals surface area contributed by atoms with E-state index in [2.05, 4.69) is 21.3 Å². The van der Waals surface area contributed by atoms with Gasteiger partial charge in [-0.1, -0.05) is 62.4 Å². The Bertz CT molecular complexity index is 1630. The Morgan fingerprint density at radius 1 is 0.857 bits per heavy atom. The van der Waals surface area contributed by atoms with Crippen LogP contribution < -0.4 is 21.3 Å². The Morgan fingerprint density at radius 3 is 2.24 bits per heavy atom. The monoisotopic (exact) mass is 669 g/mol. The molecule has 0 fully saturated rings. The summed E-state index contributed by atoms with van der Waals surface area (Å²) in [6.45, 7) is 8.22. The second-order valence-electron chi connectivity index (χ2n) is 13.1. The predicted molar refractivity (Wildman–Crippen MR) is 187 cm³/mol. The molecule has 0 unspecified atom stereocenters. The standard InChI is InChI=1S/C38H47N5O6/c1-24(2)20-32-36(47)40-26(4)34(45)39-18-8-9-19-43(38(49)31-22-30(44)17-12-25(31)3)23-28-13-15-29(16-14-28)35(46)41-33(37(48)42-32)21-27-10-6-5-7-11-27/h5-7,10-17,22,24,26,32-33,44H,8-9,18-21,23H2,1-4H3,(H,39,45)(H,40,47)(H,41,46)(H,42,48)/t26-,32+,33-/m1/s1. The van der Waals surface area contributed by atoms with Crippen molar-refractivity contribution < 1.29 is 29.1 Å². The molecule has 0 aromatic heterocycles. The van der Waals surface area contributed by atoms with E-state index in [9.17, 15) is 29.1 Å². The molecule has 49 heavy (non-hydrogen) atoms. The molecule has 0 saturated carbocycles. The van der Waals surface area contributed by atoms with E-state index in [0.717, 1.165) is 16.7 Å². The third kappa shape index (κ3) is 10.7. The van der Waals surface area contributed by atoms with E-state index in [-0.39, 0.29) is 36.4 Å². The van der Waals surface area contributed by atoms with Gasteiger partial charge in [0.05, 0.1) is 0 Å². The molecule has 2 aliphatic heterocycles. The van der Waals surface area contributed by atoms with E-state index >= 15 is 0 Å². The number of carbonyl (C=O) groups excluding carboxylic acids is 5. The van der Waals surface area contributed by atoms with E-state index in [1.165, 1.54) is 12.1 Å². The van der Waals surface area contributed by atoms with Crippen LogP contribution in [0.1, 0.15) is 77.4 Å². The number of hydrogen-bond acceptors (Lipinski definition) is 6. The summed E-state index contributed by atoms with van der Waals surface area (Å²) in [5, 5.41) is 21.3. The van der Waals surface area contributed by atoms with Crippen LogP contribution in [0.3, 0.4) is 0 Å². The van der Waals surface area contributed by atoms with Gasteiger partial charge in [-0.2, -0.15) is 0 Å². The minimum Gasteiger partial charge on any atom is -0.508 e. The number of nitrogens with zero attached hydrogens (tertiary/aromatic N) is 1. The van der Waals surface area contributed by atoms with Crippen molar-refractivity contribution in [2.24, 2.45) is 5.92 Å². The molecule has 11 nitrogen and oxygen atoms in total. The zero-order valence-electron chi connectivity index (χ0n) is 28.6. The Hall–Kier alpha value is -5.19. The first-order chi connectivity index (χ1) is 23.4. The average Bonchev–Trinajstić information content (AvgIpc) is 3.07. The van der Waals surface area contributed by atoms with Gasteiger partial charge in [-0.15, -0.1) is 0 Å². The van der Waals surface area contributed by atoms with E-state index in [4.69, 9.17) is 0 Å². The van der Waals surface area contributed by atoms with Gasteiger partial charge < -0.3 is 31.3 Å². The van der Waals surface area contributed by atoms with Gasteiger partial charge in [-0.25, -0.2) is 0 Å². The van der Waals surface area contributed by atoms with Crippen LogP contribution in [0.2, 0.25) is 0 Å². The topological polar surface area (TPSA) is 157 Å². The van der Waals surface area contributed by atoms with Gasteiger partial charge in [0, 0.05) is 37.2 Å². The molecule has 2 heterocycles. The second-order valence-corrected chi connectivity index (χ2v) is 13.1. The number of fused-ring (bicyclic) bond motifs is 18. The maximum atomic E-state index is 13.7. The summed E-state index contributed by atoms with van der Waals surface area (Å²) in [4.78, 5) is 68.9. The minimum atomic E-state index is -0.995. The Kier molecular flexibility index (Phi) is 12.9. The van der Waals surface area contributed by atoms with Crippen molar-refractivity contribution in [2.45, 2.75) is 78.0 Å². The largest absolute Gasteiger partial charge is 0.508 e. The number of phenols is 1. The second kappa shape index (κ2) is 17.3. The Balaban J connectivity index is 1.64. The van der Waals surface area contributed by atoms with Crippen LogP contribution in [-0.2, 0) is 27.3 Å². The maximum absolute atomic E-state index is 13.7. The summed E-state index contributed by atoms with van der Waals surface area (Å²) in [6, 6.07) is 18.0. The average molecular weight is 670 g/mol. The number of aryl methyl sites for hydroxylation is 1. The van der Waals surface area contributed by atoms with Gasteiger partial charge in [0.25, 0.3) is 11.8 Å². The van der Waals surface area contributed by atoms with E-state index in [0.29, 0.717) is 43.5 Å². The van der Waals surface area contributed by atoms with Gasteiger partial charge in [0.2, 0.25) is 17.7 Å². The van der Waals surface area contributed by atoms with Crippen molar-refractivity contribution in [3.05, 3.63) is 101 Å². The fraction of sp³-hybridized carbons (Fsp3) is 0.395. The molecule has 5 rings (SSSR count). The van der Waals surface area contributed by atoms with Gasteiger partial charge in [-0.05, 0) is 80.0 Å². The fourth-order valence-electron chi connectivity index (χ4n) is 5.69. The number of nitrogens with one attached hydrogen (secondary N) is 4. The lowest BCUT2D eigenvalue weighted by atomic mass is 10.0. The highest BCUT2D eigenvalue weighted by Crippen LogP contribution is 2.20. The third-order valence-electron chi connectivity index (χ3n) is 8.48. The SMILES string of the molecule is Cc1ccc(O)cc1C(=O)N1CCCCNC(=O)[C@@H](C)NC(=O)[C@H](CC(C)C)NC(=O)[C@@H](Cc2ccccc2)NC(=O)c2ccc(cc2)C1. The lowest BCUT2D eigenvalue weighted by molar-refractivity contribution is -0.132. The zero-order valence-corrected chi connectivity index (χ0v) is 28.6. The van der Waals surface area contributed by atoms with Crippen molar-refractivity contribution >= 4 is 29.5 Å². The molecule has 0 radical (unpaired) electrons. The van der Waals surface area contributed by atoms with Crippen LogP contribution in [-0.4, -0.2) is 70.8 Å². The summed E-state index contributed by atoms with van der Waals surface area (Å²) in [7, 11) is 0. The first-order valence-electron chi connectivity index (χ1n) is 16.8. The Labute approximate surface area is 287 Å². The van der Waals surface area contributed by atoms with Crippen molar-refractivity contribution in [3.8, 4) is 5.75 Å². The number of aromatic hydroxyl groups is 1. The maximum Gasteiger partial charge on any atom is 0.254 e. The molecule has 11 heteroatoms. The molecule has 3 aromatic carbocycles. The van der Waals surface area contributed by atoms with Gasteiger partial charge in [0.1, 0.15) is 23.9 Å². The number of amides is 5. The van der Waals surface area contributed by atoms with E-state index in [1.54, 1.807) is 49.1 Å². The highest BCUT2D eigenvalue weighted by atomic mass is 16.3. The van der Waals surface area contributed by atoms with Crippen molar-refractivity contribution in [3.63, 3.8) is 0 Å². The van der Waals surface area contributed by atoms with Crippen LogP contribution in [0.5, 0.6) is 5.75 Å². The summed E-state index contributed by atoms with van der Waals surface area (Å²) in [5.41, 5.74) is 3.06. The first-order valence-corrected chi connectivity index (χ1v) is 16.8. The van der Waals surface area contributed by atoms with Crippen LogP contribution >= 0.6 is 0 Å². The van der Waals surface area contributed by atoms with Gasteiger partial charge in [0.15, 0.2) is 0 Å². The fourth-order valence-corrected chi connectivity index (χ4v) is 5.69. The molecular weight excluding hydrogens is 622 g/mol. The molecule has 2 bridgehead atoms. The lowest BCUT2D eigenvalue weighted by Crippen LogP contribution is -2.57. The van der Waals surface area contributed by atoms with Crippen molar-refractivity contribution in [1.82, 2.24) is 26.2 Å². The van der Waals surface area contributed by atoms with E-state index < -0.39 is 35.8 Å². The smallest absolute Gasteiger partial charge is 0.254 e. The van der Waals surface area contributed by atoms with Gasteiger partial charge >= 0.3 is 0 Å². The molecule has 0 saturated heterocycles. The number of phenolic OH excluding ortho intramolecular Hbond substituents is 1. The van der Waals surface area contributed by atoms with Gasteiger partial charge in [-0.3, -0.25) is 24.0 Å². The molecule has 5 N–H and O–H groups in total. The molecular formula is C38H47N5O6. The highest BCUT2D eigenvalue weighted by molar-refractivity contribution is 5.99. The molecule has 3 atom stereocenters. The van der Waals surface area contributed by atoms with Crippen LogP contribution in [0.4, 0.5) is 0 Å². The molecule has 2 aliphatic rings. The third-order valence-corrected chi connectivity index (χ3v) is 8.48. The van der Waals surface area contributed by atoms with Crippen LogP contribution in [0.15, 0.2) is 72.8 Å². The number of benzene rings is 3. The first kappa shape index (κ1) is 36.6. The quantitative estimate of drug-likeness (QED) is 0.261. The summed E-state index contributed by atoms with van der Waals surface area (Å²) < 4.78 is 0. The molecule has 0 spiro atoms. The van der Waals surface area contributed by atoms with Crippen molar-refractivity contribution in [1.29, 1.82) is 0 Å². The number of carbonyl (C=O) groups is 5. The van der Waals surface area contributed by atoms with Crippen LogP contribution in [0.25, 0.3) is 0 Å². The Morgan fingerprint density at radius 2 is 1.55 bits per heavy atom. The van der Waals surface area contributed by atoms with E-state index in [1.807, 2.05) is 44.2 Å². The van der Waals surface area contributed by atoms with Crippen LogP contribution in [0, 0.1) is 12.8 Å². The summed E-state index contributed by atoms with van der Waals surface area (Å²) in [6.07, 6.45) is 1.67. The number of hydrogen-bond donors (Lipinski definition) is 5. The molecule has 260 valence electrons. The van der Waals surface area contributed by atoms with Crippen molar-refractivity contribution in [2.75, 3.05) is 13.1 Å². The summed E-state index contributed by atoms with van der Waals surface area (Å²) in [5.74, 6) is -2.05. The highest BCUT2D eigenvalue weighted by Gasteiger charge is 2.30. The molecule has 0 aliphatic carbocycles. The normalized spacial score (nSPS) is 20.1. The lowest BCUT2D eigenvalue weighted by Gasteiger charge is -2.25. The number of rotatable bonds is 5. The minimum absolute atomic E-state index is 0.00748. The molecule has 3 aromatic rings. The predicted octanol–water partition coefficient (Wildman–Crippen LogP) is 3.63. The summed E-state index contributed by atoms with van der Waals surface area (Å²) >= 11 is 0. The zero-order chi connectivity index (χ0) is 35.5. The molecule has 5 amide bonds.